The third-order valence-corrected chi connectivity index (χ3v) is 3.99. The van der Waals surface area contributed by atoms with Crippen molar-refractivity contribution in [2.24, 2.45) is 0 Å². The van der Waals surface area contributed by atoms with E-state index in [1.54, 1.807) is 19.2 Å². The molecular weight excluding hydrogens is 300 g/mol. The molecule has 0 unspecified atom stereocenters. The van der Waals surface area contributed by atoms with Crippen LogP contribution in [0.1, 0.15) is 18.5 Å². The molecule has 0 fully saturated rings. The normalized spacial score (nSPS) is 11.8. The van der Waals surface area contributed by atoms with Crippen LogP contribution in [-0.4, -0.2) is 13.1 Å². The van der Waals surface area contributed by atoms with Gasteiger partial charge in [-0.2, -0.15) is 0 Å². The Labute approximate surface area is 141 Å². The van der Waals surface area contributed by atoms with E-state index in [9.17, 15) is 4.79 Å². The Morgan fingerprint density at radius 3 is 2.42 bits per heavy atom. The lowest BCUT2D eigenvalue weighted by Crippen LogP contribution is -2.31. The standard InChI is InChI=1S/C20H20N2O2/c1-14(18-9-5-7-15-6-3-4-8-19(15)18)21-20(23)22-16-10-12-17(24-2)13-11-16/h3-14H,1-2H3,(H2,21,22,23)/t14-/m0/s1. The SMILES string of the molecule is COc1ccc(NC(=O)N[C@@H](C)c2cccc3ccccc23)cc1. The van der Waals surface area contributed by atoms with E-state index in [-0.39, 0.29) is 12.1 Å². The van der Waals surface area contributed by atoms with E-state index < -0.39 is 0 Å². The smallest absolute Gasteiger partial charge is 0.319 e. The molecule has 4 nitrogen and oxygen atoms in total. The summed E-state index contributed by atoms with van der Waals surface area (Å²) in [6, 6.07) is 21.2. The molecule has 4 heteroatoms. The van der Waals surface area contributed by atoms with Crippen LogP contribution in [0.2, 0.25) is 0 Å². The van der Waals surface area contributed by atoms with Crippen molar-refractivity contribution in [3.63, 3.8) is 0 Å². The summed E-state index contributed by atoms with van der Waals surface area (Å²) >= 11 is 0. The Bertz CT molecular complexity index is 838. The van der Waals surface area contributed by atoms with Crippen LogP contribution in [0.15, 0.2) is 66.7 Å². The lowest BCUT2D eigenvalue weighted by molar-refractivity contribution is 0.249. The van der Waals surface area contributed by atoms with Gasteiger partial charge in [-0.15, -0.1) is 0 Å². The predicted octanol–water partition coefficient (Wildman–Crippen LogP) is 4.73. The van der Waals surface area contributed by atoms with E-state index in [4.69, 9.17) is 4.74 Å². The van der Waals surface area contributed by atoms with Gasteiger partial charge >= 0.3 is 6.03 Å². The molecule has 1 atom stereocenters. The number of carbonyl (C=O) groups is 1. The summed E-state index contributed by atoms with van der Waals surface area (Å²) < 4.78 is 5.11. The van der Waals surface area contributed by atoms with Crippen molar-refractivity contribution in [2.45, 2.75) is 13.0 Å². The molecule has 24 heavy (non-hydrogen) atoms. The second kappa shape index (κ2) is 7.04. The number of hydrogen-bond donors (Lipinski definition) is 2. The first-order chi connectivity index (χ1) is 11.7. The van der Waals surface area contributed by atoms with Gasteiger partial charge in [0.1, 0.15) is 5.75 Å². The fourth-order valence-corrected chi connectivity index (χ4v) is 2.74. The summed E-state index contributed by atoms with van der Waals surface area (Å²) in [6.45, 7) is 1.98. The molecule has 3 rings (SSSR count). The second-order valence-corrected chi connectivity index (χ2v) is 5.62. The Balaban J connectivity index is 1.71. The van der Waals surface area contributed by atoms with E-state index in [0.29, 0.717) is 0 Å². The van der Waals surface area contributed by atoms with E-state index >= 15 is 0 Å². The predicted molar refractivity (Wildman–Crippen MR) is 97.5 cm³/mol. The molecular formula is C20H20N2O2. The minimum absolute atomic E-state index is 0.102. The summed E-state index contributed by atoms with van der Waals surface area (Å²) in [4.78, 5) is 12.2. The zero-order chi connectivity index (χ0) is 16.9. The number of benzene rings is 3. The number of hydrogen-bond acceptors (Lipinski definition) is 2. The summed E-state index contributed by atoms with van der Waals surface area (Å²) in [6.07, 6.45) is 0. The number of amides is 2. The highest BCUT2D eigenvalue weighted by Crippen LogP contribution is 2.24. The molecule has 0 saturated heterocycles. The van der Waals surface area contributed by atoms with E-state index in [0.717, 1.165) is 22.4 Å². The molecule has 3 aromatic carbocycles. The first kappa shape index (κ1) is 15.9. The molecule has 0 heterocycles. The lowest BCUT2D eigenvalue weighted by Gasteiger charge is -2.17. The number of fused-ring (bicyclic) bond motifs is 1. The van der Waals surface area contributed by atoms with Crippen LogP contribution in [0.4, 0.5) is 10.5 Å². The van der Waals surface area contributed by atoms with Gasteiger partial charge in [0.15, 0.2) is 0 Å². The van der Waals surface area contributed by atoms with E-state index in [1.807, 2.05) is 43.3 Å². The third-order valence-electron chi connectivity index (χ3n) is 3.99. The average Bonchev–Trinajstić information content (AvgIpc) is 2.61. The number of urea groups is 1. The van der Waals surface area contributed by atoms with Gasteiger partial charge in [-0.05, 0) is 47.5 Å². The Kier molecular flexibility index (Phi) is 4.66. The van der Waals surface area contributed by atoms with Gasteiger partial charge in [0.05, 0.1) is 13.2 Å². The molecule has 0 bridgehead atoms. The Hall–Kier alpha value is -3.01. The van der Waals surface area contributed by atoms with E-state index in [2.05, 4.69) is 28.8 Å². The van der Waals surface area contributed by atoms with Crippen molar-refractivity contribution in [1.82, 2.24) is 5.32 Å². The fraction of sp³-hybridized carbons (Fsp3) is 0.150. The van der Waals surface area contributed by atoms with Crippen molar-refractivity contribution in [2.75, 3.05) is 12.4 Å². The topological polar surface area (TPSA) is 50.4 Å². The fourth-order valence-electron chi connectivity index (χ4n) is 2.74. The molecule has 0 saturated carbocycles. The summed E-state index contributed by atoms with van der Waals surface area (Å²) in [5.41, 5.74) is 1.82. The van der Waals surface area contributed by atoms with E-state index in [1.165, 1.54) is 5.39 Å². The van der Waals surface area contributed by atoms with Crippen LogP contribution < -0.4 is 15.4 Å². The quantitative estimate of drug-likeness (QED) is 0.730. The highest BCUT2D eigenvalue weighted by Gasteiger charge is 2.12. The van der Waals surface area contributed by atoms with Gasteiger partial charge in [0.2, 0.25) is 0 Å². The number of carbonyl (C=O) groups excluding carboxylic acids is 1. The maximum atomic E-state index is 12.2. The van der Waals surface area contributed by atoms with Crippen LogP contribution in [-0.2, 0) is 0 Å². The Morgan fingerprint density at radius 2 is 1.67 bits per heavy atom. The monoisotopic (exact) mass is 320 g/mol. The minimum Gasteiger partial charge on any atom is -0.497 e. The summed E-state index contributed by atoms with van der Waals surface area (Å²) in [7, 11) is 1.61. The molecule has 0 radical (unpaired) electrons. The van der Waals surface area contributed by atoms with Crippen LogP contribution in [0, 0.1) is 0 Å². The highest BCUT2D eigenvalue weighted by molar-refractivity contribution is 5.91. The molecule has 2 N–H and O–H groups in total. The number of methoxy groups -OCH3 is 1. The highest BCUT2D eigenvalue weighted by atomic mass is 16.5. The van der Waals surface area contributed by atoms with Gasteiger partial charge in [0, 0.05) is 5.69 Å². The van der Waals surface area contributed by atoms with Crippen LogP contribution in [0.25, 0.3) is 10.8 Å². The molecule has 3 aromatic rings. The summed E-state index contributed by atoms with van der Waals surface area (Å²) in [5.74, 6) is 0.755. The summed E-state index contributed by atoms with van der Waals surface area (Å²) in [5, 5.41) is 8.14. The van der Waals surface area contributed by atoms with Crippen molar-refractivity contribution >= 4 is 22.5 Å². The molecule has 0 spiro atoms. The van der Waals surface area contributed by atoms with Crippen molar-refractivity contribution in [3.8, 4) is 5.75 Å². The molecule has 2 amide bonds. The number of anilines is 1. The third kappa shape index (κ3) is 3.49. The maximum Gasteiger partial charge on any atom is 0.319 e. The van der Waals surface area contributed by atoms with Crippen LogP contribution in [0.5, 0.6) is 5.75 Å². The lowest BCUT2D eigenvalue weighted by atomic mass is 10.00. The zero-order valence-corrected chi connectivity index (χ0v) is 13.7. The van der Waals surface area contributed by atoms with Gasteiger partial charge in [-0.1, -0.05) is 42.5 Å². The Morgan fingerprint density at radius 1 is 0.958 bits per heavy atom. The molecule has 0 aliphatic rings. The van der Waals surface area contributed by atoms with Crippen LogP contribution in [0.3, 0.4) is 0 Å². The van der Waals surface area contributed by atoms with Crippen LogP contribution >= 0.6 is 0 Å². The van der Waals surface area contributed by atoms with Gasteiger partial charge < -0.3 is 15.4 Å². The maximum absolute atomic E-state index is 12.2. The molecule has 0 aliphatic carbocycles. The largest absolute Gasteiger partial charge is 0.497 e. The van der Waals surface area contributed by atoms with Gasteiger partial charge in [-0.25, -0.2) is 4.79 Å². The first-order valence-corrected chi connectivity index (χ1v) is 7.86. The van der Waals surface area contributed by atoms with Gasteiger partial charge in [-0.3, -0.25) is 0 Å². The number of nitrogens with one attached hydrogen (secondary N) is 2. The molecule has 0 aromatic heterocycles. The number of ether oxygens (including phenoxy) is 1. The average molecular weight is 320 g/mol. The molecule has 0 aliphatic heterocycles. The zero-order valence-electron chi connectivity index (χ0n) is 13.7. The first-order valence-electron chi connectivity index (χ1n) is 7.86. The minimum atomic E-state index is -0.236. The second-order valence-electron chi connectivity index (χ2n) is 5.62. The van der Waals surface area contributed by atoms with Gasteiger partial charge in [0.25, 0.3) is 0 Å². The number of rotatable bonds is 4. The van der Waals surface area contributed by atoms with Crippen molar-refractivity contribution in [3.05, 3.63) is 72.3 Å². The molecule has 122 valence electrons. The van der Waals surface area contributed by atoms with Crippen molar-refractivity contribution < 1.29 is 9.53 Å². The van der Waals surface area contributed by atoms with Crippen molar-refractivity contribution in [1.29, 1.82) is 0 Å².